The Kier molecular flexibility index (Phi) is 12.8. The van der Waals surface area contributed by atoms with Crippen LogP contribution in [0.2, 0.25) is 13.1 Å². The fraction of sp³-hybridized carbons (Fsp3) is 0.380. The molecule has 0 atom stereocenters. The molecule has 0 fully saturated rings. The van der Waals surface area contributed by atoms with Crippen molar-refractivity contribution in [3.8, 4) is 0 Å². The Labute approximate surface area is 383 Å². The van der Waals surface area contributed by atoms with E-state index in [0.29, 0.717) is 11.6 Å². The van der Waals surface area contributed by atoms with Crippen LogP contribution >= 0.6 is 0 Å². The lowest BCUT2D eigenvalue weighted by atomic mass is 9.84. The normalized spacial score (nSPS) is 16.6. The van der Waals surface area contributed by atoms with Gasteiger partial charge in [-0.05, 0) is 120 Å². The molecule has 2 N–H and O–H groups in total. The molecule has 12 nitrogen and oxygen atoms in total. The molecule has 3 aliphatic heterocycles. The average molecular weight is 924 g/mol. The van der Waals surface area contributed by atoms with Gasteiger partial charge in [-0.15, -0.1) is 0 Å². The van der Waals surface area contributed by atoms with Crippen molar-refractivity contribution in [2.24, 2.45) is 0 Å². The number of likely N-dealkylation sites (N-methyl/N-ethyl adjacent to an activating group) is 2. The van der Waals surface area contributed by atoms with E-state index < -0.39 is 42.3 Å². The van der Waals surface area contributed by atoms with Crippen LogP contribution in [0.3, 0.4) is 0 Å². The number of aromatic carboxylic acids is 1. The zero-order valence-electron chi connectivity index (χ0n) is 39.0. The Bertz CT molecular complexity index is 2890. The predicted molar refractivity (Wildman–Crippen MR) is 253 cm³/mol. The van der Waals surface area contributed by atoms with Gasteiger partial charge in [-0.25, -0.2) is 4.58 Å². The van der Waals surface area contributed by atoms with Crippen molar-refractivity contribution in [1.29, 1.82) is 0 Å². The SMILES string of the molecule is CC1=CC(C)(C)N(C)c2cc3c(cc21)C(c1cc(C(=O)NCCOCCOCCNc2ccc(C(F)(F)F)cc2[N+](=O)[O-])ccc1C(=O)[O-])=c1cc2c(cc1[Si]3(C)C)=[N+](C)C(C)(C)C=C2C. The van der Waals surface area contributed by atoms with Crippen molar-refractivity contribution in [2.45, 2.75) is 71.9 Å². The highest BCUT2D eigenvalue weighted by atomic mass is 28.3. The Balaban J connectivity index is 1.14. The molecule has 4 aromatic carbocycles. The highest BCUT2D eigenvalue weighted by molar-refractivity contribution is 7.01. The van der Waals surface area contributed by atoms with Gasteiger partial charge in [0.15, 0.2) is 5.54 Å². The summed E-state index contributed by atoms with van der Waals surface area (Å²) < 4.78 is 52.5. The number of halogens is 3. The summed E-state index contributed by atoms with van der Waals surface area (Å²) in [7, 11) is 1.71. The molecule has 1 amide bonds. The number of nitrogens with zero attached hydrogens (tertiary/aromatic N) is 3. The highest BCUT2D eigenvalue weighted by Gasteiger charge is 2.41. The van der Waals surface area contributed by atoms with Crippen LogP contribution in [0.5, 0.6) is 0 Å². The fourth-order valence-corrected chi connectivity index (χ4v) is 12.4. The van der Waals surface area contributed by atoms with Gasteiger partial charge >= 0.3 is 6.18 Å². The van der Waals surface area contributed by atoms with Crippen LogP contribution in [0.1, 0.15) is 90.1 Å². The van der Waals surface area contributed by atoms with E-state index in [1.54, 1.807) is 6.07 Å². The first kappa shape index (κ1) is 47.8. The third-order valence-corrected chi connectivity index (χ3v) is 16.9. The minimum atomic E-state index is -4.71. The van der Waals surface area contributed by atoms with Crippen LogP contribution in [-0.2, 0) is 15.7 Å². The highest BCUT2D eigenvalue weighted by Crippen LogP contribution is 2.41. The number of nitro benzene ring substituents is 1. The summed E-state index contributed by atoms with van der Waals surface area (Å²) in [6.07, 6.45) is -0.205. The van der Waals surface area contributed by atoms with Crippen molar-refractivity contribution >= 4 is 64.1 Å². The average Bonchev–Trinajstić information content (AvgIpc) is 3.24. The number of fused-ring (bicyclic) bond motifs is 4. The standard InChI is InChI=1S/C50H56F3N5O7Si/c1-29-27-48(3,4)56(7)40-25-43-37(23-34(29)40)45(38-24-35-30(2)28-49(5,6)57(8)41(35)26-44(38)66(43,9)10)36-21-31(11-13-33(36)47(60)61)46(59)55-16-18-65-20-19-64-17-15-54-39-14-12-32(50(51,52)53)22-42(39)58(62)63/h11-14,21-28,54H,15-20H2,1-10H3,(H-,55,59,60,61). The van der Waals surface area contributed by atoms with E-state index in [9.17, 15) is 38.0 Å². The molecule has 0 radical (unpaired) electrons. The van der Waals surface area contributed by atoms with Crippen LogP contribution in [0, 0.1) is 10.1 Å². The molecule has 0 unspecified atom stereocenters. The van der Waals surface area contributed by atoms with E-state index in [2.05, 4.69) is 125 Å². The minimum Gasteiger partial charge on any atom is -0.545 e. The lowest BCUT2D eigenvalue weighted by Crippen LogP contribution is -2.64. The van der Waals surface area contributed by atoms with Crippen LogP contribution in [0.25, 0.3) is 16.7 Å². The van der Waals surface area contributed by atoms with E-state index in [1.807, 2.05) is 0 Å². The molecule has 0 spiro atoms. The first-order chi connectivity index (χ1) is 30.8. The number of allylic oxidation sites excluding steroid dienone is 2. The number of hydrogen-bond donors (Lipinski definition) is 2. The third kappa shape index (κ3) is 8.93. The van der Waals surface area contributed by atoms with E-state index in [0.717, 1.165) is 61.8 Å². The quantitative estimate of drug-likeness (QED) is 0.0574. The number of benzene rings is 4. The van der Waals surface area contributed by atoms with Gasteiger partial charge in [0.05, 0.1) is 48.4 Å². The number of carboxylic acid groups (broad SMARTS) is 1. The van der Waals surface area contributed by atoms with Gasteiger partial charge in [-0.1, -0.05) is 25.2 Å². The number of alkyl halides is 3. The molecular formula is C50H56F3N5O7Si. The number of ether oxygens (including phenoxy) is 2. The maximum absolute atomic E-state index is 13.8. The summed E-state index contributed by atoms with van der Waals surface area (Å²) in [6.45, 7) is 18.5. The minimum absolute atomic E-state index is 0.0255. The summed E-state index contributed by atoms with van der Waals surface area (Å²) >= 11 is 0. The van der Waals surface area contributed by atoms with E-state index in [1.165, 1.54) is 22.5 Å². The van der Waals surface area contributed by atoms with Crippen molar-refractivity contribution in [1.82, 2.24) is 9.89 Å². The van der Waals surface area contributed by atoms with Crippen molar-refractivity contribution in [3.63, 3.8) is 0 Å². The molecule has 0 aromatic heterocycles. The molecule has 16 heteroatoms. The van der Waals surface area contributed by atoms with Gasteiger partial charge in [-0.3, -0.25) is 14.9 Å². The molecule has 4 aromatic rings. The summed E-state index contributed by atoms with van der Waals surface area (Å²) in [4.78, 5) is 39.6. The lowest BCUT2D eigenvalue weighted by molar-refractivity contribution is -0.384. The zero-order chi connectivity index (χ0) is 48.3. The number of carbonyl (C=O) groups excluding carboxylic acids is 2. The molecule has 7 rings (SSSR count). The lowest BCUT2D eigenvalue weighted by Gasteiger charge is -2.43. The van der Waals surface area contributed by atoms with Gasteiger partial charge in [0.1, 0.15) is 20.8 Å². The maximum atomic E-state index is 13.8. The Morgan fingerprint density at radius 3 is 2.15 bits per heavy atom. The first-order valence-corrected chi connectivity index (χ1v) is 24.9. The molecule has 0 saturated carbocycles. The zero-order valence-corrected chi connectivity index (χ0v) is 40.0. The monoisotopic (exact) mass is 923 g/mol. The maximum Gasteiger partial charge on any atom is 0.416 e. The van der Waals surface area contributed by atoms with Gasteiger partial charge < -0.3 is 34.9 Å². The summed E-state index contributed by atoms with van der Waals surface area (Å²) in [5.41, 5.74) is 5.47. The number of hydrogen-bond acceptors (Lipinski definition) is 9. The Hall–Kier alpha value is -6.10. The van der Waals surface area contributed by atoms with Crippen molar-refractivity contribution in [3.05, 3.63) is 132 Å². The Morgan fingerprint density at radius 2 is 1.50 bits per heavy atom. The van der Waals surface area contributed by atoms with Crippen LogP contribution < -0.4 is 46.2 Å². The molecule has 0 bridgehead atoms. The first-order valence-electron chi connectivity index (χ1n) is 21.9. The predicted octanol–water partition coefficient (Wildman–Crippen LogP) is 5.18. The molecule has 0 aliphatic carbocycles. The smallest absolute Gasteiger partial charge is 0.416 e. The van der Waals surface area contributed by atoms with Crippen molar-refractivity contribution in [2.75, 3.05) is 63.8 Å². The number of carboxylic acids is 1. The van der Waals surface area contributed by atoms with Gasteiger partial charge in [0, 0.05) is 74.1 Å². The molecule has 348 valence electrons. The number of carbonyl (C=O) groups is 2. The summed E-state index contributed by atoms with van der Waals surface area (Å²) in [5, 5.41) is 34.4. The second-order valence-corrected chi connectivity index (χ2v) is 23.2. The van der Waals surface area contributed by atoms with E-state index >= 15 is 0 Å². The fourth-order valence-electron chi connectivity index (χ4n) is 9.42. The molecule has 3 aliphatic rings. The molecule has 66 heavy (non-hydrogen) atoms. The molecular weight excluding hydrogens is 868 g/mol. The topological polar surface area (TPSA) is 149 Å². The van der Waals surface area contributed by atoms with Crippen molar-refractivity contribution < 1.29 is 42.3 Å². The van der Waals surface area contributed by atoms with Gasteiger partial charge in [-0.2, -0.15) is 13.2 Å². The number of rotatable bonds is 14. The number of anilines is 2. The Morgan fingerprint density at radius 1 is 0.833 bits per heavy atom. The molecule has 0 saturated heterocycles. The number of amides is 1. The van der Waals surface area contributed by atoms with E-state index in [4.69, 9.17) is 9.47 Å². The third-order valence-electron chi connectivity index (χ3n) is 13.4. The summed E-state index contributed by atoms with van der Waals surface area (Å²) in [6, 6.07) is 15.9. The molecule has 3 heterocycles. The number of nitro groups is 1. The van der Waals surface area contributed by atoms with Crippen LogP contribution in [-0.4, -0.2) is 89.6 Å². The second-order valence-electron chi connectivity index (χ2n) is 18.9. The van der Waals surface area contributed by atoms with Crippen LogP contribution in [0.15, 0.2) is 72.8 Å². The number of nitrogens with one attached hydrogen (secondary N) is 2. The van der Waals surface area contributed by atoms with E-state index in [-0.39, 0.29) is 67.4 Å². The summed E-state index contributed by atoms with van der Waals surface area (Å²) in [5.74, 6) is -1.77. The second kappa shape index (κ2) is 17.6. The van der Waals surface area contributed by atoms with Gasteiger partial charge in [0.2, 0.25) is 5.36 Å². The largest absolute Gasteiger partial charge is 0.545 e. The van der Waals surface area contributed by atoms with Crippen LogP contribution in [0.4, 0.5) is 30.2 Å². The van der Waals surface area contributed by atoms with Gasteiger partial charge in [0.25, 0.3) is 11.6 Å².